The molecule has 4 rings (SSSR count). The molecule has 0 saturated carbocycles. The minimum atomic E-state index is -1.11. The summed E-state index contributed by atoms with van der Waals surface area (Å²) < 4.78 is 0. The van der Waals surface area contributed by atoms with Crippen molar-refractivity contribution in [3.63, 3.8) is 0 Å². The molecule has 3 N–H and O–H groups in total. The van der Waals surface area contributed by atoms with Crippen LogP contribution in [0.2, 0.25) is 0 Å². The van der Waals surface area contributed by atoms with Crippen LogP contribution in [-0.4, -0.2) is 92.1 Å². The molecule has 0 aliphatic carbocycles. The second-order valence-corrected chi connectivity index (χ2v) is 9.11. The van der Waals surface area contributed by atoms with Crippen LogP contribution < -0.4 is 10.6 Å². The van der Waals surface area contributed by atoms with Gasteiger partial charge in [-0.25, -0.2) is 4.79 Å². The molecule has 0 radical (unpaired) electrons. The molecule has 30 heavy (non-hydrogen) atoms. The molecule has 3 aliphatic rings. The molecule has 1 aromatic rings. The van der Waals surface area contributed by atoms with Crippen molar-refractivity contribution in [1.82, 2.24) is 15.1 Å². The van der Waals surface area contributed by atoms with E-state index in [4.69, 9.17) is 0 Å². The zero-order valence-electron chi connectivity index (χ0n) is 16.7. The number of carboxylic acids is 1. The summed E-state index contributed by atoms with van der Waals surface area (Å²) in [5.74, 6) is -1.10. The van der Waals surface area contributed by atoms with Crippen molar-refractivity contribution < 1.29 is 19.5 Å². The number of nitrogens with zero attached hydrogens (tertiary/aromatic N) is 2. The van der Waals surface area contributed by atoms with E-state index < -0.39 is 23.7 Å². The van der Waals surface area contributed by atoms with Crippen LogP contribution in [0.4, 0.5) is 5.69 Å². The Labute approximate surface area is 201 Å². The third kappa shape index (κ3) is 3.46. The van der Waals surface area contributed by atoms with Gasteiger partial charge in [0.2, 0.25) is 5.91 Å². The van der Waals surface area contributed by atoms with Crippen molar-refractivity contribution in [2.24, 2.45) is 0 Å². The predicted octanol–water partition coefficient (Wildman–Crippen LogP) is 0.931. The number of nitrogens with one attached hydrogen (secondary N) is 2. The van der Waals surface area contributed by atoms with Gasteiger partial charge in [0.1, 0.15) is 23.2 Å². The molecule has 156 valence electrons. The molecular formula is C20H25N4NaO4S. The van der Waals surface area contributed by atoms with E-state index in [0.717, 1.165) is 11.3 Å². The van der Waals surface area contributed by atoms with Gasteiger partial charge in [-0.2, -0.15) is 0 Å². The van der Waals surface area contributed by atoms with Crippen LogP contribution in [0, 0.1) is 0 Å². The van der Waals surface area contributed by atoms with E-state index in [1.807, 2.05) is 45.2 Å². The molecule has 0 spiro atoms. The van der Waals surface area contributed by atoms with Gasteiger partial charge < -0.3 is 15.3 Å². The number of anilines is 1. The molecule has 2 unspecified atom stereocenters. The first-order valence-electron chi connectivity index (χ1n) is 9.43. The van der Waals surface area contributed by atoms with Crippen LogP contribution in [0.1, 0.15) is 32.4 Å². The molecule has 3 heterocycles. The number of rotatable bonds is 4. The summed E-state index contributed by atoms with van der Waals surface area (Å²) in [5.41, 5.74) is 1.68. The van der Waals surface area contributed by atoms with E-state index in [1.165, 1.54) is 16.7 Å². The van der Waals surface area contributed by atoms with E-state index in [2.05, 4.69) is 10.6 Å². The van der Waals surface area contributed by atoms with Crippen LogP contribution in [0.25, 0.3) is 0 Å². The van der Waals surface area contributed by atoms with Gasteiger partial charge in [-0.3, -0.25) is 19.8 Å². The number of carbonyl (C=O) groups is 3. The molecule has 2 fully saturated rings. The second kappa shape index (κ2) is 8.20. The molecule has 3 atom stereocenters. The molecule has 0 aromatic heterocycles. The van der Waals surface area contributed by atoms with Crippen LogP contribution >= 0.6 is 11.8 Å². The Morgan fingerprint density at radius 3 is 2.63 bits per heavy atom. The maximum absolute atomic E-state index is 13.4. The number of hydrogen-bond acceptors (Lipinski definition) is 6. The minimum absolute atomic E-state index is 0. The van der Waals surface area contributed by atoms with Crippen LogP contribution in [0.15, 0.2) is 35.5 Å². The van der Waals surface area contributed by atoms with Gasteiger partial charge in [-0.15, -0.1) is 11.8 Å². The van der Waals surface area contributed by atoms with E-state index in [-0.39, 0.29) is 52.4 Å². The molecular weight excluding hydrogens is 415 g/mol. The van der Waals surface area contributed by atoms with E-state index >= 15 is 0 Å². The molecule has 0 bridgehead atoms. The molecule has 2 amide bonds. The molecule has 10 heteroatoms. The van der Waals surface area contributed by atoms with Crippen molar-refractivity contribution in [1.29, 1.82) is 0 Å². The Kier molecular flexibility index (Phi) is 6.33. The second-order valence-electron chi connectivity index (χ2n) is 8.01. The fraction of sp³-hybridized carbons (Fsp3) is 0.450. The average Bonchev–Trinajstić information content (AvgIpc) is 2.91. The van der Waals surface area contributed by atoms with Crippen LogP contribution in [-0.2, 0) is 14.4 Å². The Morgan fingerprint density at radius 2 is 2.00 bits per heavy atom. The van der Waals surface area contributed by atoms with E-state index in [0.29, 0.717) is 11.3 Å². The van der Waals surface area contributed by atoms with Gasteiger partial charge >= 0.3 is 35.5 Å². The summed E-state index contributed by atoms with van der Waals surface area (Å²) in [4.78, 5) is 41.0. The monoisotopic (exact) mass is 440 g/mol. The summed E-state index contributed by atoms with van der Waals surface area (Å²) in [7, 11) is 1.82. The zero-order valence-corrected chi connectivity index (χ0v) is 17.5. The third-order valence-electron chi connectivity index (χ3n) is 5.70. The molecule has 8 nitrogen and oxygen atoms in total. The van der Waals surface area contributed by atoms with Crippen molar-refractivity contribution in [3.8, 4) is 0 Å². The first-order chi connectivity index (χ1) is 13.7. The number of carbonyl (C=O) groups excluding carboxylic acids is 2. The van der Waals surface area contributed by atoms with Crippen molar-refractivity contribution >= 4 is 64.8 Å². The third-order valence-corrected chi connectivity index (χ3v) is 7.11. The maximum atomic E-state index is 13.4. The number of β-lactam (4-membered cyclic amide) rings is 1. The molecule has 2 saturated heterocycles. The van der Waals surface area contributed by atoms with Gasteiger partial charge in [0.15, 0.2) is 0 Å². The summed E-state index contributed by atoms with van der Waals surface area (Å²) >= 11 is 1.50. The normalized spacial score (nSPS) is 27.4. The molecule has 1 aromatic carbocycles. The fourth-order valence-electron chi connectivity index (χ4n) is 4.34. The summed E-state index contributed by atoms with van der Waals surface area (Å²) in [5, 5.41) is 15.6. The van der Waals surface area contributed by atoms with Crippen LogP contribution in [0.5, 0.6) is 0 Å². The van der Waals surface area contributed by atoms with Gasteiger partial charge in [-0.1, -0.05) is 12.1 Å². The van der Waals surface area contributed by atoms with E-state index in [9.17, 15) is 19.5 Å². The van der Waals surface area contributed by atoms with Crippen LogP contribution in [0.3, 0.4) is 0 Å². The van der Waals surface area contributed by atoms with Gasteiger partial charge in [0.05, 0.1) is 5.66 Å². The Bertz CT molecular complexity index is 950. The number of hydrogen-bond donors (Lipinski definition) is 3. The van der Waals surface area contributed by atoms with Crippen molar-refractivity contribution in [2.75, 3.05) is 18.1 Å². The van der Waals surface area contributed by atoms with Crippen molar-refractivity contribution in [2.45, 2.75) is 43.9 Å². The number of aliphatic carboxylic acids is 1. The summed E-state index contributed by atoms with van der Waals surface area (Å²) in [6.45, 7) is 5.47. The fourth-order valence-corrected chi connectivity index (χ4v) is 5.68. The Balaban J connectivity index is 0.00000256. The topological polar surface area (TPSA) is 102 Å². The number of thioether (sulfide) groups is 1. The first-order valence-corrected chi connectivity index (χ1v) is 10.5. The van der Waals surface area contributed by atoms with Crippen molar-refractivity contribution in [3.05, 3.63) is 41.1 Å². The van der Waals surface area contributed by atoms with E-state index in [1.54, 1.807) is 11.8 Å². The number of amides is 2. The van der Waals surface area contributed by atoms with Gasteiger partial charge in [0, 0.05) is 18.5 Å². The Morgan fingerprint density at radius 1 is 1.30 bits per heavy atom. The average molecular weight is 441 g/mol. The summed E-state index contributed by atoms with van der Waals surface area (Å²) in [6, 6.07) is 6.34. The predicted molar refractivity (Wildman–Crippen MR) is 117 cm³/mol. The van der Waals surface area contributed by atoms with Gasteiger partial charge in [-0.05, 0) is 44.0 Å². The SMILES string of the molecule is CNc1cccc(C2NC(C)(C)N(C3C(=O)N4C(C(=O)O)=C(C)CS[C@H]34)C2=O)c1.[NaH]. The molecule has 3 aliphatic heterocycles. The number of fused-ring (bicyclic) bond motifs is 1. The number of benzene rings is 1. The first kappa shape index (κ1) is 23.1. The number of carboxylic acid groups (broad SMARTS) is 1. The summed E-state index contributed by atoms with van der Waals surface area (Å²) in [6.07, 6.45) is 0. The van der Waals surface area contributed by atoms with Gasteiger partial charge in [0.25, 0.3) is 5.91 Å². The Hall–Kier alpha value is -1.52. The zero-order chi connectivity index (χ0) is 21.1. The standard InChI is InChI=1S/C20H24N4O4S.Na.H/c1-10-9-29-18-15(17(26)23(18)14(10)19(27)28)24-16(25)13(22-20(24,2)3)11-6-5-7-12(8-11)21-4;;/h5-8,13,15,18,21-22H,9H2,1-4H3,(H,27,28);;/t13?,15?,18-;;/m1../s1. The quantitative estimate of drug-likeness (QED) is 0.473.